The fourth-order valence-electron chi connectivity index (χ4n) is 2.16. The zero-order valence-corrected chi connectivity index (χ0v) is 13.1. The van der Waals surface area contributed by atoms with Gasteiger partial charge in [0.2, 0.25) is 0 Å². The molecular formula is C16H15N5O3. The molecule has 0 saturated carbocycles. The summed E-state index contributed by atoms with van der Waals surface area (Å²) in [4.78, 5) is 12.4. The molecule has 0 radical (unpaired) electrons. The molecule has 3 rings (SSSR count). The summed E-state index contributed by atoms with van der Waals surface area (Å²) in [5.41, 5.74) is 1.86. The molecule has 1 aromatic heterocycles. The van der Waals surface area contributed by atoms with Gasteiger partial charge in [0.25, 0.3) is 5.91 Å². The van der Waals surface area contributed by atoms with Crippen LogP contribution < -0.4 is 14.8 Å². The van der Waals surface area contributed by atoms with Crippen molar-refractivity contribution >= 4 is 11.6 Å². The number of rotatable bonds is 5. The first kappa shape index (κ1) is 15.5. The van der Waals surface area contributed by atoms with E-state index in [2.05, 4.69) is 20.8 Å². The summed E-state index contributed by atoms with van der Waals surface area (Å²) in [7, 11) is 3.06. The molecule has 8 heteroatoms. The van der Waals surface area contributed by atoms with Crippen molar-refractivity contribution in [3.05, 3.63) is 54.4 Å². The fraction of sp³-hybridized carbons (Fsp3) is 0.125. The van der Waals surface area contributed by atoms with E-state index in [1.165, 1.54) is 18.1 Å². The Morgan fingerprint density at radius 1 is 1.08 bits per heavy atom. The average Bonchev–Trinajstić information content (AvgIpc) is 3.16. The monoisotopic (exact) mass is 325 g/mol. The highest BCUT2D eigenvalue weighted by molar-refractivity contribution is 6.06. The minimum Gasteiger partial charge on any atom is -0.497 e. The van der Waals surface area contributed by atoms with E-state index >= 15 is 0 Å². The number of nitrogens with zero attached hydrogens (tertiary/aromatic N) is 4. The van der Waals surface area contributed by atoms with Gasteiger partial charge in [-0.05, 0) is 46.8 Å². The van der Waals surface area contributed by atoms with E-state index in [0.29, 0.717) is 22.7 Å². The Hall–Kier alpha value is -3.42. The van der Waals surface area contributed by atoms with E-state index in [-0.39, 0.29) is 5.91 Å². The van der Waals surface area contributed by atoms with Crippen LogP contribution in [-0.4, -0.2) is 40.3 Å². The topological polar surface area (TPSA) is 91.2 Å². The SMILES string of the molecule is COc1ccc(C(=O)Nc2ccc(-n3cnnn3)cc2)c(OC)c1. The van der Waals surface area contributed by atoms with E-state index in [1.54, 1.807) is 49.6 Å². The summed E-state index contributed by atoms with van der Waals surface area (Å²) in [5.74, 6) is 0.788. The quantitative estimate of drug-likeness (QED) is 0.771. The summed E-state index contributed by atoms with van der Waals surface area (Å²) >= 11 is 0. The Labute approximate surface area is 138 Å². The first-order valence-electron chi connectivity index (χ1n) is 7.08. The number of carbonyl (C=O) groups is 1. The molecule has 0 bridgehead atoms. The van der Waals surface area contributed by atoms with Crippen LogP contribution in [0.5, 0.6) is 11.5 Å². The normalized spacial score (nSPS) is 10.2. The average molecular weight is 325 g/mol. The molecule has 8 nitrogen and oxygen atoms in total. The molecule has 0 aliphatic rings. The van der Waals surface area contributed by atoms with Crippen molar-refractivity contribution in [2.45, 2.75) is 0 Å². The molecule has 1 amide bonds. The Morgan fingerprint density at radius 3 is 2.50 bits per heavy atom. The summed E-state index contributed by atoms with van der Waals surface area (Å²) in [6.45, 7) is 0. The van der Waals surface area contributed by atoms with Crippen LogP contribution in [0.1, 0.15) is 10.4 Å². The van der Waals surface area contributed by atoms with E-state index in [4.69, 9.17) is 9.47 Å². The number of methoxy groups -OCH3 is 2. The second-order valence-electron chi connectivity index (χ2n) is 4.82. The molecule has 3 aromatic rings. The first-order valence-corrected chi connectivity index (χ1v) is 7.08. The zero-order chi connectivity index (χ0) is 16.9. The van der Waals surface area contributed by atoms with E-state index in [1.807, 2.05) is 0 Å². The van der Waals surface area contributed by atoms with E-state index in [0.717, 1.165) is 5.69 Å². The van der Waals surface area contributed by atoms with Crippen molar-refractivity contribution in [1.82, 2.24) is 20.2 Å². The predicted molar refractivity (Wildman–Crippen MR) is 86.7 cm³/mol. The third-order valence-electron chi connectivity index (χ3n) is 3.39. The van der Waals surface area contributed by atoms with Crippen molar-refractivity contribution in [2.24, 2.45) is 0 Å². The molecular weight excluding hydrogens is 310 g/mol. The molecule has 1 heterocycles. The van der Waals surface area contributed by atoms with Gasteiger partial charge in [0.15, 0.2) is 0 Å². The highest BCUT2D eigenvalue weighted by Gasteiger charge is 2.13. The molecule has 0 saturated heterocycles. The molecule has 1 N–H and O–H groups in total. The summed E-state index contributed by atoms with van der Waals surface area (Å²) in [6, 6.07) is 12.2. The Kier molecular flexibility index (Phi) is 4.37. The lowest BCUT2D eigenvalue weighted by Crippen LogP contribution is -2.13. The molecule has 24 heavy (non-hydrogen) atoms. The van der Waals surface area contributed by atoms with Crippen molar-refractivity contribution in [3.8, 4) is 17.2 Å². The molecule has 0 spiro atoms. The maximum Gasteiger partial charge on any atom is 0.259 e. The number of tetrazole rings is 1. The number of ether oxygens (including phenoxy) is 2. The predicted octanol–water partition coefficient (Wildman–Crippen LogP) is 1.93. The second-order valence-corrected chi connectivity index (χ2v) is 4.82. The van der Waals surface area contributed by atoms with Gasteiger partial charge in [-0.2, -0.15) is 0 Å². The van der Waals surface area contributed by atoms with E-state index < -0.39 is 0 Å². The number of nitrogens with one attached hydrogen (secondary N) is 1. The number of carbonyl (C=O) groups excluding carboxylic acids is 1. The molecule has 0 fully saturated rings. The van der Waals surface area contributed by atoms with Gasteiger partial charge in [0, 0.05) is 11.8 Å². The number of hydrogen-bond donors (Lipinski definition) is 1. The third-order valence-corrected chi connectivity index (χ3v) is 3.39. The number of benzene rings is 2. The summed E-state index contributed by atoms with van der Waals surface area (Å²) in [5, 5.41) is 13.8. The van der Waals surface area contributed by atoms with Crippen LogP contribution in [-0.2, 0) is 0 Å². The minimum absolute atomic E-state index is 0.273. The lowest BCUT2D eigenvalue weighted by atomic mass is 10.1. The van der Waals surface area contributed by atoms with Gasteiger partial charge >= 0.3 is 0 Å². The largest absolute Gasteiger partial charge is 0.497 e. The Bertz CT molecular complexity index is 831. The molecule has 2 aromatic carbocycles. The van der Waals surface area contributed by atoms with Gasteiger partial charge in [-0.25, -0.2) is 4.68 Å². The van der Waals surface area contributed by atoms with Gasteiger partial charge in [-0.1, -0.05) is 0 Å². The first-order chi connectivity index (χ1) is 11.7. The molecule has 0 aliphatic heterocycles. The molecule has 0 atom stereocenters. The van der Waals surface area contributed by atoms with Crippen molar-refractivity contribution in [2.75, 3.05) is 19.5 Å². The lowest BCUT2D eigenvalue weighted by Gasteiger charge is -2.11. The summed E-state index contributed by atoms with van der Waals surface area (Å²) < 4.78 is 11.9. The third kappa shape index (κ3) is 3.17. The van der Waals surface area contributed by atoms with Crippen LogP contribution in [0.3, 0.4) is 0 Å². The van der Waals surface area contributed by atoms with Gasteiger partial charge in [-0.3, -0.25) is 4.79 Å². The summed E-state index contributed by atoms with van der Waals surface area (Å²) in [6.07, 6.45) is 1.50. The van der Waals surface area contributed by atoms with Gasteiger partial charge in [-0.15, -0.1) is 5.10 Å². The number of anilines is 1. The fourth-order valence-corrected chi connectivity index (χ4v) is 2.16. The Balaban J connectivity index is 1.77. The zero-order valence-electron chi connectivity index (χ0n) is 13.1. The van der Waals surface area contributed by atoms with Crippen LogP contribution >= 0.6 is 0 Å². The molecule has 0 unspecified atom stereocenters. The maximum atomic E-state index is 12.4. The standard InChI is InChI=1S/C16H15N5O3/c1-23-13-7-8-14(15(9-13)24-2)16(22)18-11-3-5-12(6-4-11)21-10-17-19-20-21/h3-10H,1-2H3,(H,18,22). The number of amides is 1. The number of hydrogen-bond acceptors (Lipinski definition) is 6. The lowest BCUT2D eigenvalue weighted by molar-refractivity contribution is 0.102. The van der Waals surface area contributed by atoms with Crippen LogP contribution in [0.2, 0.25) is 0 Å². The van der Waals surface area contributed by atoms with Crippen molar-refractivity contribution in [1.29, 1.82) is 0 Å². The number of aromatic nitrogens is 4. The Morgan fingerprint density at radius 2 is 1.88 bits per heavy atom. The van der Waals surface area contributed by atoms with Crippen molar-refractivity contribution in [3.63, 3.8) is 0 Å². The maximum absolute atomic E-state index is 12.4. The second kappa shape index (κ2) is 6.78. The molecule has 0 aliphatic carbocycles. The van der Waals surface area contributed by atoms with Crippen LogP contribution in [0.15, 0.2) is 48.8 Å². The van der Waals surface area contributed by atoms with Crippen molar-refractivity contribution < 1.29 is 14.3 Å². The van der Waals surface area contributed by atoms with Crippen LogP contribution in [0, 0.1) is 0 Å². The highest BCUT2D eigenvalue weighted by atomic mass is 16.5. The van der Waals surface area contributed by atoms with Crippen LogP contribution in [0.25, 0.3) is 5.69 Å². The van der Waals surface area contributed by atoms with E-state index in [9.17, 15) is 4.79 Å². The molecule has 122 valence electrons. The van der Waals surface area contributed by atoms with Crippen LogP contribution in [0.4, 0.5) is 5.69 Å². The van der Waals surface area contributed by atoms with Gasteiger partial charge in [0.05, 0.1) is 25.5 Å². The van der Waals surface area contributed by atoms with Gasteiger partial charge in [0.1, 0.15) is 17.8 Å². The minimum atomic E-state index is -0.273. The smallest absolute Gasteiger partial charge is 0.259 e. The highest BCUT2D eigenvalue weighted by Crippen LogP contribution is 2.25. The van der Waals surface area contributed by atoms with Gasteiger partial charge < -0.3 is 14.8 Å².